The standard InChI is InChI=1S/C10H19NO4/c1-8(14-3)5-6-9(12)11(2)7-10(13)15-4/h8H,5-7H2,1-4H3. The average Bonchev–Trinajstić information content (AvgIpc) is 2.24. The van der Waals surface area contributed by atoms with E-state index in [0.29, 0.717) is 12.8 Å². The second kappa shape index (κ2) is 7.23. The predicted octanol–water partition coefficient (Wildman–Crippen LogP) is 0.433. The summed E-state index contributed by atoms with van der Waals surface area (Å²) in [5, 5.41) is 0. The first-order valence-corrected chi connectivity index (χ1v) is 4.84. The predicted molar refractivity (Wildman–Crippen MR) is 55.4 cm³/mol. The Bertz CT molecular complexity index is 217. The van der Waals surface area contributed by atoms with Crippen molar-refractivity contribution in [3.8, 4) is 0 Å². The van der Waals surface area contributed by atoms with Crippen LogP contribution in [0, 0.1) is 0 Å². The highest BCUT2D eigenvalue weighted by Gasteiger charge is 2.13. The van der Waals surface area contributed by atoms with E-state index in [2.05, 4.69) is 4.74 Å². The van der Waals surface area contributed by atoms with Crippen LogP contribution in [0.15, 0.2) is 0 Å². The summed E-state index contributed by atoms with van der Waals surface area (Å²) in [6.07, 6.45) is 1.09. The van der Waals surface area contributed by atoms with Gasteiger partial charge in [-0.3, -0.25) is 9.59 Å². The normalized spacial score (nSPS) is 12.0. The summed E-state index contributed by atoms with van der Waals surface area (Å²) in [6.45, 7) is 1.89. The van der Waals surface area contributed by atoms with Crippen LogP contribution >= 0.6 is 0 Å². The van der Waals surface area contributed by atoms with Gasteiger partial charge in [0.2, 0.25) is 5.91 Å². The molecule has 0 radical (unpaired) electrons. The fourth-order valence-corrected chi connectivity index (χ4v) is 0.982. The number of likely N-dealkylation sites (N-methyl/N-ethyl adjacent to an activating group) is 1. The van der Waals surface area contributed by atoms with E-state index >= 15 is 0 Å². The number of rotatable bonds is 6. The molecule has 0 aliphatic rings. The molecule has 0 fully saturated rings. The molecule has 0 aromatic carbocycles. The molecule has 88 valence electrons. The fourth-order valence-electron chi connectivity index (χ4n) is 0.982. The molecule has 0 aromatic heterocycles. The summed E-state index contributed by atoms with van der Waals surface area (Å²) in [5.41, 5.74) is 0. The van der Waals surface area contributed by atoms with E-state index in [1.54, 1.807) is 14.2 Å². The SMILES string of the molecule is COC(=O)CN(C)C(=O)CCC(C)OC. The van der Waals surface area contributed by atoms with Gasteiger partial charge in [0, 0.05) is 20.6 Å². The van der Waals surface area contributed by atoms with Gasteiger partial charge in [-0.25, -0.2) is 0 Å². The number of hydrogen-bond acceptors (Lipinski definition) is 4. The van der Waals surface area contributed by atoms with E-state index in [-0.39, 0.29) is 18.6 Å². The van der Waals surface area contributed by atoms with Crippen molar-refractivity contribution < 1.29 is 19.1 Å². The van der Waals surface area contributed by atoms with Crippen LogP contribution in [0.3, 0.4) is 0 Å². The Hall–Kier alpha value is -1.10. The molecule has 0 aliphatic heterocycles. The molecule has 0 aromatic rings. The van der Waals surface area contributed by atoms with Crippen LogP contribution in [0.25, 0.3) is 0 Å². The maximum atomic E-state index is 11.5. The summed E-state index contributed by atoms with van der Waals surface area (Å²) < 4.78 is 9.48. The highest BCUT2D eigenvalue weighted by Crippen LogP contribution is 2.02. The first-order valence-electron chi connectivity index (χ1n) is 4.84. The minimum Gasteiger partial charge on any atom is -0.468 e. The van der Waals surface area contributed by atoms with E-state index in [1.165, 1.54) is 12.0 Å². The summed E-state index contributed by atoms with van der Waals surface area (Å²) in [4.78, 5) is 23.7. The van der Waals surface area contributed by atoms with Gasteiger partial charge < -0.3 is 14.4 Å². The molecule has 1 unspecified atom stereocenters. The van der Waals surface area contributed by atoms with E-state index in [1.807, 2.05) is 6.92 Å². The summed E-state index contributed by atoms with van der Waals surface area (Å²) >= 11 is 0. The molecular weight excluding hydrogens is 198 g/mol. The Morgan fingerprint density at radius 2 is 1.93 bits per heavy atom. The van der Waals surface area contributed by atoms with E-state index in [4.69, 9.17) is 4.74 Å². The van der Waals surface area contributed by atoms with E-state index in [9.17, 15) is 9.59 Å². The van der Waals surface area contributed by atoms with Gasteiger partial charge in [0.15, 0.2) is 0 Å². The van der Waals surface area contributed by atoms with Crippen molar-refractivity contribution in [2.24, 2.45) is 0 Å². The highest BCUT2D eigenvalue weighted by atomic mass is 16.5. The largest absolute Gasteiger partial charge is 0.468 e. The Labute approximate surface area is 90.3 Å². The quantitative estimate of drug-likeness (QED) is 0.605. The number of methoxy groups -OCH3 is 2. The average molecular weight is 217 g/mol. The third-order valence-electron chi connectivity index (χ3n) is 2.19. The number of carbonyl (C=O) groups is 2. The minimum atomic E-state index is -0.411. The smallest absolute Gasteiger partial charge is 0.325 e. The molecule has 0 aliphatic carbocycles. The Morgan fingerprint density at radius 3 is 2.40 bits per heavy atom. The minimum absolute atomic E-state index is 0.00328. The second-order valence-corrected chi connectivity index (χ2v) is 3.41. The van der Waals surface area contributed by atoms with Crippen molar-refractivity contribution in [3.05, 3.63) is 0 Å². The highest BCUT2D eigenvalue weighted by molar-refractivity contribution is 5.81. The van der Waals surface area contributed by atoms with Gasteiger partial charge in [-0.05, 0) is 13.3 Å². The van der Waals surface area contributed by atoms with Gasteiger partial charge in [0.05, 0.1) is 13.2 Å². The van der Waals surface area contributed by atoms with Crippen LogP contribution in [-0.4, -0.2) is 50.7 Å². The van der Waals surface area contributed by atoms with Crippen molar-refractivity contribution in [1.82, 2.24) is 4.90 Å². The van der Waals surface area contributed by atoms with Crippen LogP contribution in [0.1, 0.15) is 19.8 Å². The number of carbonyl (C=O) groups excluding carboxylic acids is 2. The monoisotopic (exact) mass is 217 g/mol. The van der Waals surface area contributed by atoms with Crippen LogP contribution in [0.2, 0.25) is 0 Å². The maximum absolute atomic E-state index is 11.5. The number of hydrogen-bond donors (Lipinski definition) is 0. The summed E-state index contributed by atoms with van der Waals surface area (Å²) in [5.74, 6) is -0.491. The van der Waals surface area contributed by atoms with Gasteiger partial charge in [-0.1, -0.05) is 0 Å². The molecule has 1 atom stereocenters. The molecule has 0 saturated carbocycles. The Kier molecular flexibility index (Phi) is 6.70. The van der Waals surface area contributed by atoms with Gasteiger partial charge in [0.1, 0.15) is 6.54 Å². The van der Waals surface area contributed by atoms with Gasteiger partial charge in [-0.15, -0.1) is 0 Å². The van der Waals surface area contributed by atoms with Crippen molar-refractivity contribution in [2.45, 2.75) is 25.9 Å². The molecule has 0 bridgehead atoms. The third-order valence-corrected chi connectivity index (χ3v) is 2.19. The number of nitrogens with zero attached hydrogens (tertiary/aromatic N) is 1. The lowest BCUT2D eigenvalue weighted by atomic mass is 10.2. The van der Waals surface area contributed by atoms with E-state index < -0.39 is 5.97 Å². The second-order valence-electron chi connectivity index (χ2n) is 3.41. The van der Waals surface area contributed by atoms with Crippen molar-refractivity contribution in [2.75, 3.05) is 27.8 Å². The van der Waals surface area contributed by atoms with Gasteiger partial charge in [0.25, 0.3) is 0 Å². The van der Waals surface area contributed by atoms with Crippen molar-refractivity contribution >= 4 is 11.9 Å². The van der Waals surface area contributed by atoms with Crippen molar-refractivity contribution in [1.29, 1.82) is 0 Å². The zero-order chi connectivity index (χ0) is 11.8. The van der Waals surface area contributed by atoms with Crippen LogP contribution in [0.4, 0.5) is 0 Å². The first kappa shape index (κ1) is 13.9. The third kappa shape index (κ3) is 6.06. The molecule has 0 saturated heterocycles. The van der Waals surface area contributed by atoms with Gasteiger partial charge >= 0.3 is 5.97 Å². The van der Waals surface area contributed by atoms with Crippen LogP contribution < -0.4 is 0 Å². The first-order chi connectivity index (χ1) is 7.01. The summed E-state index contributed by atoms with van der Waals surface area (Å²) in [6, 6.07) is 0. The molecule has 1 amide bonds. The molecule has 5 heteroatoms. The molecule has 0 spiro atoms. The molecular formula is C10H19NO4. The molecule has 15 heavy (non-hydrogen) atoms. The van der Waals surface area contributed by atoms with Crippen LogP contribution in [0.5, 0.6) is 0 Å². The maximum Gasteiger partial charge on any atom is 0.325 e. The number of esters is 1. The Morgan fingerprint density at radius 1 is 1.33 bits per heavy atom. The number of amides is 1. The number of ether oxygens (including phenoxy) is 2. The lowest BCUT2D eigenvalue weighted by molar-refractivity contribution is -0.146. The molecule has 0 N–H and O–H groups in total. The lowest BCUT2D eigenvalue weighted by Gasteiger charge is -2.16. The lowest BCUT2D eigenvalue weighted by Crippen LogP contribution is -2.33. The zero-order valence-electron chi connectivity index (χ0n) is 9.78. The van der Waals surface area contributed by atoms with E-state index in [0.717, 1.165) is 0 Å². The van der Waals surface area contributed by atoms with Crippen molar-refractivity contribution in [3.63, 3.8) is 0 Å². The Balaban J connectivity index is 3.84. The zero-order valence-corrected chi connectivity index (χ0v) is 9.78. The van der Waals surface area contributed by atoms with Gasteiger partial charge in [-0.2, -0.15) is 0 Å². The molecule has 0 heterocycles. The summed E-state index contributed by atoms with van der Waals surface area (Å²) in [7, 11) is 4.48. The molecule has 0 rings (SSSR count). The fraction of sp³-hybridized carbons (Fsp3) is 0.800. The van der Waals surface area contributed by atoms with Crippen LogP contribution in [-0.2, 0) is 19.1 Å². The topological polar surface area (TPSA) is 55.8 Å². The molecule has 5 nitrogen and oxygen atoms in total.